The van der Waals surface area contributed by atoms with Crippen LogP contribution in [0, 0.1) is 0 Å². The smallest absolute Gasteiger partial charge is 0.328 e. The van der Waals surface area contributed by atoms with Crippen molar-refractivity contribution >= 4 is 7.60 Å². The van der Waals surface area contributed by atoms with Crippen LogP contribution in [-0.2, 0) is 18.8 Å². The van der Waals surface area contributed by atoms with Crippen LogP contribution in [0.4, 0.5) is 0 Å². The van der Waals surface area contributed by atoms with Crippen LogP contribution in [-0.4, -0.2) is 40.0 Å². The molecule has 1 saturated carbocycles. The lowest BCUT2D eigenvalue weighted by Gasteiger charge is -2.31. The van der Waals surface area contributed by atoms with Crippen molar-refractivity contribution in [1.82, 2.24) is 9.55 Å². The van der Waals surface area contributed by atoms with E-state index in [9.17, 15) is 23.9 Å². The Kier molecular flexibility index (Phi) is 4.31. The number of aromatic nitrogens is 2. The summed E-state index contributed by atoms with van der Waals surface area (Å²) < 4.78 is 28.9. The van der Waals surface area contributed by atoms with E-state index in [0.717, 1.165) is 0 Å². The number of nitrogens with zero attached hydrogens (tertiary/aromatic N) is 1. The molecule has 4 atom stereocenters. The van der Waals surface area contributed by atoms with Crippen LogP contribution in [0.1, 0.15) is 26.3 Å². The molecule has 0 bridgehead atoms. The highest BCUT2D eigenvalue weighted by atomic mass is 31.2. The fourth-order valence-electron chi connectivity index (χ4n) is 3.22. The Balaban J connectivity index is 1.89. The van der Waals surface area contributed by atoms with Crippen LogP contribution in [0.2, 0.25) is 0 Å². The van der Waals surface area contributed by atoms with Gasteiger partial charge in [0.2, 0.25) is 0 Å². The number of hydrogen-bond acceptors (Lipinski definition) is 8. The van der Waals surface area contributed by atoms with Crippen molar-refractivity contribution in [1.29, 1.82) is 0 Å². The summed E-state index contributed by atoms with van der Waals surface area (Å²) in [5.41, 5.74) is -1.14. The summed E-state index contributed by atoms with van der Waals surface area (Å²) in [4.78, 5) is 47.1. The van der Waals surface area contributed by atoms with Gasteiger partial charge in [-0.3, -0.25) is 14.3 Å². The van der Waals surface area contributed by atoms with Crippen molar-refractivity contribution in [3.05, 3.63) is 33.1 Å². The van der Waals surface area contributed by atoms with Crippen LogP contribution in [0.3, 0.4) is 0 Å². The zero-order valence-electron chi connectivity index (χ0n) is 13.0. The molecule has 24 heavy (non-hydrogen) atoms. The van der Waals surface area contributed by atoms with E-state index in [4.69, 9.17) is 14.2 Å². The summed E-state index contributed by atoms with van der Waals surface area (Å²) in [6.07, 6.45) is -1.35. The van der Waals surface area contributed by atoms with Gasteiger partial charge < -0.3 is 28.6 Å². The van der Waals surface area contributed by atoms with Crippen molar-refractivity contribution in [2.24, 2.45) is 0 Å². The van der Waals surface area contributed by atoms with Gasteiger partial charge in [0.15, 0.2) is 5.79 Å². The van der Waals surface area contributed by atoms with Crippen molar-refractivity contribution in [3.8, 4) is 0 Å². The van der Waals surface area contributed by atoms with Gasteiger partial charge in [0, 0.05) is 12.3 Å². The average Bonchev–Trinajstić information content (AvgIpc) is 2.90. The molecule has 134 valence electrons. The van der Waals surface area contributed by atoms with Crippen LogP contribution >= 0.6 is 7.60 Å². The maximum absolute atomic E-state index is 12.0. The molecule has 1 aliphatic carbocycles. The summed E-state index contributed by atoms with van der Waals surface area (Å²) in [6, 6.07) is 0.679. The third-order valence-electron chi connectivity index (χ3n) is 4.04. The minimum absolute atomic E-state index is 0.206. The van der Waals surface area contributed by atoms with E-state index >= 15 is 0 Å². The number of aromatic amines is 1. The van der Waals surface area contributed by atoms with E-state index in [1.807, 2.05) is 0 Å². The molecule has 0 amide bonds. The van der Waals surface area contributed by atoms with Gasteiger partial charge in [-0.15, -0.1) is 0 Å². The zero-order chi connectivity index (χ0) is 17.7. The number of nitrogens with one attached hydrogen (secondary N) is 1. The van der Waals surface area contributed by atoms with Crippen LogP contribution in [0.15, 0.2) is 21.9 Å². The fourth-order valence-corrected chi connectivity index (χ4v) is 3.59. The molecule has 1 aromatic rings. The molecule has 1 N–H and O–H groups in total. The molecule has 1 aliphatic heterocycles. The first kappa shape index (κ1) is 17.5. The third kappa shape index (κ3) is 3.53. The number of H-pyrrole nitrogens is 1. The number of rotatable bonds is 4. The maximum Gasteiger partial charge on any atom is 0.328 e. The van der Waals surface area contributed by atoms with E-state index in [1.54, 1.807) is 13.8 Å². The normalized spacial score (nSPS) is 32.0. The predicted octanol–water partition coefficient (Wildman–Crippen LogP) is -1.74. The van der Waals surface area contributed by atoms with E-state index in [0.29, 0.717) is 0 Å². The van der Waals surface area contributed by atoms with Gasteiger partial charge in [-0.05, 0) is 27.9 Å². The molecule has 0 spiro atoms. The molecule has 0 aromatic carbocycles. The zero-order valence-corrected chi connectivity index (χ0v) is 13.9. The van der Waals surface area contributed by atoms with Gasteiger partial charge in [0.05, 0.1) is 18.5 Å². The molecule has 2 aliphatic rings. The first-order chi connectivity index (χ1) is 11.1. The number of hydrogen-bond donors (Lipinski definition) is 1. The lowest BCUT2D eigenvalue weighted by Crippen LogP contribution is -2.36. The van der Waals surface area contributed by atoms with E-state index in [2.05, 4.69) is 4.98 Å². The average molecular weight is 360 g/mol. The second kappa shape index (κ2) is 5.91. The molecular formula is C13H17N2O8P-2. The highest BCUT2D eigenvalue weighted by Gasteiger charge is 2.55. The Hall–Kier alpha value is -1.29. The van der Waals surface area contributed by atoms with Gasteiger partial charge in [-0.1, -0.05) is 0 Å². The second-order valence-corrected chi connectivity index (χ2v) is 7.81. The van der Waals surface area contributed by atoms with Gasteiger partial charge in [0.1, 0.15) is 12.2 Å². The van der Waals surface area contributed by atoms with Gasteiger partial charge in [0.25, 0.3) is 5.56 Å². The molecule has 11 heteroatoms. The molecule has 2 heterocycles. The summed E-state index contributed by atoms with van der Waals surface area (Å²) in [6.45, 7) is 3.36. The lowest BCUT2D eigenvalue weighted by molar-refractivity contribution is -0.319. The molecule has 2 fully saturated rings. The summed E-state index contributed by atoms with van der Waals surface area (Å²) in [7, 11) is -4.83. The molecule has 1 aromatic heterocycles. The standard InChI is InChI=1S/C13H19N2O8P/c1-13(2)22-10-7(15-4-3-9(16)14-12(15)17)5-8(11(10)23-13)21-6-24(18,19)20/h3-4,7-8,10-11H,5-6H2,1-2H3,(H,14,16,17)(H2,18,19,20)/p-2/t7-,8+,10?,11?/m1/s1. The van der Waals surface area contributed by atoms with Gasteiger partial charge in [-0.25, -0.2) is 4.79 Å². The number of fused-ring (bicyclic) bond motifs is 1. The lowest BCUT2D eigenvalue weighted by atomic mass is 10.2. The topological polar surface area (TPSA) is 146 Å². The first-order valence-corrected chi connectivity index (χ1v) is 9.08. The Morgan fingerprint density at radius 2 is 2.04 bits per heavy atom. The molecule has 10 nitrogen and oxygen atoms in total. The summed E-state index contributed by atoms with van der Waals surface area (Å²) in [5.74, 6) is -0.944. The van der Waals surface area contributed by atoms with Gasteiger partial charge in [-0.2, -0.15) is 0 Å². The number of ether oxygens (including phenoxy) is 3. The molecule has 2 unspecified atom stereocenters. The molecule has 3 rings (SSSR count). The van der Waals surface area contributed by atoms with Crippen molar-refractivity contribution in [3.63, 3.8) is 0 Å². The van der Waals surface area contributed by atoms with E-state index in [-0.39, 0.29) is 6.42 Å². The Bertz CT molecular complexity index is 781. The van der Waals surface area contributed by atoms with Crippen molar-refractivity contribution < 1.29 is 28.6 Å². The SMILES string of the molecule is CC1(C)OC2C(O1)[C@H](n1ccc(=O)[nH]c1=O)C[C@@H]2OCP(=O)([O-])[O-]. The fraction of sp³-hybridized carbons (Fsp3) is 0.692. The third-order valence-corrected chi connectivity index (χ3v) is 4.50. The van der Waals surface area contributed by atoms with E-state index in [1.165, 1.54) is 16.8 Å². The molecule has 1 saturated heterocycles. The largest absolute Gasteiger partial charge is 0.809 e. The highest BCUT2D eigenvalue weighted by Crippen LogP contribution is 2.45. The second-order valence-electron chi connectivity index (χ2n) is 6.33. The predicted molar refractivity (Wildman–Crippen MR) is 76.1 cm³/mol. The Morgan fingerprint density at radius 3 is 2.67 bits per heavy atom. The van der Waals surface area contributed by atoms with Crippen molar-refractivity contribution in [2.75, 3.05) is 6.35 Å². The Morgan fingerprint density at radius 1 is 1.38 bits per heavy atom. The van der Waals surface area contributed by atoms with E-state index < -0.39 is 55.3 Å². The van der Waals surface area contributed by atoms with Crippen molar-refractivity contribution in [2.45, 2.75) is 50.4 Å². The first-order valence-electron chi connectivity index (χ1n) is 7.35. The van der Waals surface area contributed by atoms with Gasteiger partial charge >= 0.3 is 5.69 Å². The van der Waals surface area contributed by atoms with Crippen LogP contribution in [0.5, 0.6) is 0 Å². The Labute approximate surface area is 136 Å². The van der Waals surface area contributed by atoms with Crippen LogP contribution < -0.4 is 21.0 Å². The molecular weight excluding hydrogens is 343 g/mol. The summed E-state index contributed by atoms with van der Waals surface area (Å²) in [5, 5.41) is 0. The minimum atomic E-state index is -4.83. The quantitative estimate of drug-likeness (QED) is 0.623. The maximum atomic E-state index is 12.0. The molecule has 0 radical (unpaired) electrons. The highest BCUT2D eigenvalue weighted by molar-refractivity contribution is 7.48. The monoisotopic (exact) mass is 360 g/mol. The van der Waals surface area contributed by atoms with Crippen LogP contribution in [0.25, 0.3) is 0 Å². The minimum Gasteiger partial charge on any atom is -0.809 e. The summed E-state index contributed by atoms with van der Waals surface area (Å²) >= 11 is 0.